The summed E-state index contributed by atoms with van der Waals surface area (Å²) in [6.45, 7) is 5.58. The smallest absolute Gasteiger partial charge is 0.104 e. The zero-order valence-electron chi connectivity index (χ0n) is 6.32. The summed E-state index contributed by atoms with van der Waals surface area (Å²) in [4.78, 5) is 0. The van der Waals surface area contributed by atoms with Crippen molar-refractivity contribution in [1.82, 2.24) is 9.59 Å². The van der Waals surface area contributed by atoms with E-state index in [0.29, 0.717) is 12.1 Å². The third kappa shape index (κ3) is 2.40. The van der Waals surface area contributed by atoms with Crippen LogP contribution in [-0.4, -0.2) is 14.7 Å². The van der Waals surface area contributed by atoms with Gasteiger partial charge in [-0.1, -0.05) is 10.1 Å². The molecule has 11 heavy (non-hydrogen) atoms. The summed E-state index contributed by atoms with van der Waals surface area (Å²) in [7, 11) is 0. The maximum absolute atomic E-state index is 9.42. The Balaban J connectivity index is 2.56. The van der Waals surface area contributed by atoms with Gasteiger partial charge in [-0.3, -0.25) is 0 Å². The molecule has 1 aromatic heterocycles. The molecule has 0 aliphatic carbocycles. The molecule has 3 nitrogen and oxygen atoms in total. The largest absolute Gasteiger partial charge is 0.386 e. The number of hydrogen-bond donors (Lipinski definition) is 1. The zero-order valence-corrected chi connectivity index (χ0v) is 7.14. The summed E-state index contributed by atoms with van der Waals surface area (Å²) in [5, 5.41) is 14.9. The van der Waals surface area contributed by atoms with Crippen LogP contribution in [0.15, 0.2) is 17.5 Å². The molecule has 0 fully saturated rings. The van der Waals surface area contributed by atoms with E-state index in [1.54, 1.807) is 5.38 Å². The highest BCUT2D eigenvalue weighted by atomic mass is 32.1. The fraction of sp³-hybridized carbons (Fsp3) is 0.429. The lowest BCUT2D eigenvalue weighted by atomic mass is 10.1. The molecule has 0 bridgehead atoms. The molecule has 1 atom stereocenters. The molecule has 1 aromatic rings. The standard InChI is InChI=1S/C7H10N2OS/c1-5(2)3-7(10)6-4-11-9-8-6/h4,7,10H,1,3H2,2H3. The zero-order chi connectivity index (χ0) is 8.27. The van der Waals surface area contributed by atoms with Gasteiger partial charge in [-0.25, -0.2) is 0 Å². The summed E-state index contributed by atoms with van der Waals surface area (Å²) in [5.41, 5.74) is 1.59. The molecule has 1 heterocycles. The average Bonchev–Trinajstić information content (AvgIpc) is 2.35. The van der Waals surface area contributed by atoms with E-state index in [0.717, 1.165) is 5.57 Å². The van der Waals surface area contributed by atoms with Crippen molar-refractivity contribution in [2.24, 2.45) is 0 Å². The Morgan fingerprint density at radius 2 is 2.64 bits per heavy atom. The van der Waals surface area contributed by atoms with Gasteiger partial charge in [0, 0.05) is 5.38 Å². The molecule has 0 saturated heterocycles. The molecule has 1 rings (SSSR count). The van der Waals surface area contributed by atoms with Crippen LogP contribution in [0.2, 0.25) is 0 Å². The molecule has 4 heteroatoms. The lowest BCUT2D eigenvalue weighted by Crippen LogP contribution is -1.97. The third-order valence-corrected chi connectivity index (χ3v) is 1.78. The number of hydrogen-bond acceptors (Lipinski definition) is 4. The first kappa shape index (κ1) is 8.36. The third-order valence-electron chi connectivity index (χ3n) is 1.26. The highest BCUT2D eigenvalue weighted by Crippen LogP contribution is 2.17. The summed E-state index contributed by atoms with van der Waals surface area (Å²) >= 11 is 1.24. The predicted octanol–water partition coefficient (Wildman–Crippen LogP) is 1.54. The lowest BCUT2D eigenvalue weighted by Gasteiger charge is -2.04. The molecule has 1 unspecified atom stereocenters. The number of aliphatic hydroxyl groups is 1. The minimum atomic E-state index is -0.536. The van der Waals surface area contributed by atoms with E-state index in [1.807, 2.05) is 6.92 Å². The van der Waals surface area contributed by atoms with Gasteiger partial charge in [0.15, 0.2) is 0 Å². The van der Waals surface area contributed by atoms with E-state index in [1.165, 1.54) is 11.5 Å². The van der Waals surface area contributed by atoms with Gasteiger partial charge in [0.1, 0.15) is 11.8 Å². The quantitative estimate of drug-likeness (QED) is 0.700. The normalized spacial score (nSPS) is 12.9. The van der Waals surface area contributed by atoms with Gasteiger partial charge in [0.05, 0.1) is 0 Å². The van der Waals surface area contributed by atoms with E-state index >= 15 is 0 Å². The Morgan fingerprint density at radius 1 is 1.91 bits per heavy atom. The van der Waals surface area contributed by atoms with E-state index in [2.05, 4.69) is 16.2 Å². The van der Waals surface area contributed by atoms with Crippen molar-refractivity contribution in [2.45, 2.75) is 19.4 Å². The van der Waals surface area contributed by atoms with E-state index in [9.17, 15) is 5.11 Å². The van der Waals surface area contributed by atoms with E-state index in [4.69, 9.17) is 0 Å². The van der Waals surface area contributed by atoms with Crippen molar-refractivity contribution in [3.63, 3.8) is 0 Å². The van der Waals surface area contributed by atoms with Crippen molar-refractivity contribution < 1.29 is 5.11 Å². The van der Waals surface area contributed by atoms with Crippen LogP contribution in [0.4, 0.5) is 0 Å². The fourth-order valence-corrected chi connectivity index (χ4v) is 1.25. The first-order valence-corrected chi connectivity index (χ1v) is 4.13. The van der Waals surface area contributed by atoms with Crippen molar-refractivity contribution in [3.8, 4) is 0 Å². The first-order valence-electron chi connectivity index (χ1n) is 3.29. The second-order valence-corrected chi connectivity index (χ2v) is 3.12. The molecule has 0 aliphatic heterocycles. The Labute approximate surface area is 69.5 Å². The molecule has 0 saturated carbocycles. The Kier molecular flexibility index (Phi) is 2.73. The number of nitrogens with zero attached hydrogens (tertiary/aromatic N) is 2. The van der Waals surface area contributed by atoms with Crippen molar-refractivity contribution in [3.05, 3.63) is 23.2 Å². The summed E-state index contributed by atoms with van der Waals surface area (Å²) < 4.78 is 3.65. The number of rotatable bonds is 3. The van der Waals surface area contributed by atoms with Crippen LogP contribution in [0.25, 0.3) is 0 Å². The van der Waals surface area contributed by atoms with Gasteiger partial charge in [-0.05, 0) is 24.9 Å². The van der Waals surface area contributed by atoms with Crippen LogP contribution in [0, 0.1) is 0 Å². The molecule has 60 valence electrons. The molecule has 0 aromatic carbocycles. The van der Waals surface area contributed by atoms with Crippen molar-refractivity contribution in [2.75, 3.05) is 0 Å². The van der Waals surface area contributed by atoms with Crippen LogP contribution in [0.1, 0.15) is 25.1 Å². The molecule has 0 aliphatic rings. The van der Waals surface area contributed by atoms with Crippen LogP contribution in [0.5, 0.6) is 0 Å². The van der Waals surface area contributed by atoms with Crippen molar-refractivity contribution in [1.29, 1.82) is 0 Å². The number of aromatic nitrogens is 2. The molecule has 0 radical (unpaired) electrons. The average molecular weight is 170 g/mol. The maximum Gasteiger partial charge on any atom is 0.104 e. The Hall–Kier alpha value is -0.740. The molecule has 0 amide bonds. The lowest BCUT2D eigenvalue weighted by molar-refractivity contribution is 0.173. The molecular weight excluding hydrogens is 160 g/mol. The Bertz CT molecular complexity index is 233. The number of aliphatic hydroxyl groups excluding tert-OH is 1. The summed E-state index contributed by atoms with van der Waals surface area (Å²) in [6.07, 6.45) is 0.0250. The molecule has 1 N–H and O–H groups in total. The monoisotopic (exact) mass is 170 g/mol. The van der Waals surface area contributed by atoms with Gasteiger partial charge in [-0.15, -0.1) is 11.7 Å². The SMILES string of the molecule is C=C(C)CC(O)c1csnn1. The highest BCUT2D eigenvalue weighted by Gasteiger charge is 2.09. The second-order valence-electron chi connectivity index (χ2n) is 2.51. The molecule has 0 spiro atoms. The highest BCUT2D eigenvalue weighted by molar-refractivity contribution is 7.03. The van der Waals surface area contributed by atoms with Gasteiger partial charge in [0.2, 0.25) is 0 Å². The van der Waals surface area contributed by atoms with E-state index in [-0.39, 0.29) is 0 Å². The van der Waals surface area contributed by atoms with Gasteiger partial charge < -0.3 is 5.11 Å². The van der Waals surface area contributed by atoms with Gasteiger partial charge in [0.25, 0.3) is 0 Å². The minimum absolute atomic E-state index is 0.536. The minimum Gasteiger partial charge on any atom is -0.386 e. The van der Waals surface area contributed by atoms with E-state index < -0.39 is 6.10 Å². The summed E-state index contributed by atoms with van der Waals surface area (Å²) in [6, 6.07) is 0. The maximum atomic E-state index is 9.42. The van der Waals surface area contributed by atoms with Crippen LogP contribution in [0.3, 0.4) is 0 Å². The second kappa shape index (κ2) is 3.59. The summed E-state index contributed by atoms with van der Waals surface area (Å²) in [5.74, 6) is 0. The molecular formula is C7H10N2OS. The topological polar surface area (TPSA) is 46.0 Å². The van der Waals surface area contributed by atoms with Crippen molar-refractivity contribution >= 4 is 11.5 Å². The van der Waals surface area contributed by atoms with Gasteiger partial charge in [-0.2, -0.15) is 0 Å². The van der Waals surface area contributed by atoms with Crippen LogP contribution < -0.4 is 0 Å². The van der Waals surface area contributed by atoms with Crippen LogP contribution in [-0.2, 0) is 0 Å². The first-order chi connectivity index (χ1) is 5.20. The predicted molar refractivity (Wildman–Crippen MR) is 44.3 cm³/mol. The Morgan fingerprint density at radius 3 is 3.09 bits per heavy atom. The fourth-order valence-electron chi connectivity index (χ4n) is 0.752. The van der Waals surface area contributed by atoms with Gasteiger partial charge >= 0.3 is 0 Å². The van der Waals surface area contributed by atoms with Crippen LogP contribution >= 0.6 is 11.5 Å².